The zero-order valence-corrected chi connectivity index (χ0v) is 19.6. The minimum Gasteiger partial charge on any atom is -0.372 e. The lowest BCUT2D eigenvalue weighted by Gasteiger charge is -2.45. The highest BCUT2D eigenvalue weighted by molar-refractivity contribution is 5.91. The van der Waals surface area contributed by atoms with Gasteiger partial charge in [0.2, 0.25) is 0 Å². The molecule has 3 aromatic rings. The molecule has 2 N–H and O–H groups in total. The van der Waals surface area contributed by atoms with Crippen LogP contribution < -0.4 is 10.3 Å². The maximum absolute atomic E-state index is 13.2. The normalized spacial score (nSPS) is 17.6. The van der Waals surface area contributed by atoms with Gasteiger partial charge >= 0.3 is 0 Å². The molecule has 5 nitrogen and oxygen atoms in total. The molecule has 170 valence electrons. The average Bonchev–Trinajstić information content (AvgIpc) is 2.83. The van der Waals surface area contributed by atoms with Gasteiger partial charge in [-0.05, 0) is 60.6 Å². The average molecular weight is 442 g/mol. The second-order valence-electron chi connectivity index (χ2n) is 9.44. The molecule has 3 aromatic carbocycles. The fraction of sp³-hybridized carbons (Fsp3) is 0.286. The van der Waals surface area contributed by atoms with E-state index in [0.717, 1.165) is 12.0 Å². The number of hydrogen-bond donors (Lipinski definition) is 2. The fourth-order valence-corrected chi connectivity index (χ4v) is 4.71. The van der Waals surface area contributed by atoms with Crippen LogP contribution >= 0.6 is 0 Å². The predicted octanol–water partition coefficient (Wildman–Crippen LogP) is 4.79. The fourth-order valence-electron chi connectivity index (χ4n) is 4.71. The van der Waals surface area contributed by atoms with Crippen molar-refractivity contribution in [1.82, 2.24) is 5.43 Å². The molecule has 0 aliphatic carbocycles. The van der Waals surface area contributed by atoms with Gasteiger partial charge in [0, 0.05) is 18.3 Å². The van der Waals surface area contributed by atoms with E-state index in [1.54, 1.807) is 54.7 Å². The minimum absolute atomic E-state index is 0.106. The second kappa shape index (κ2) is 8.83. The zero-order valence-electron chi connectivity index (χ0n) is 19.6. The molecule has 1 aliphatic heterocycles. The Morgan fingerprint density at radius 1 is 1.06 bits per heavy atom. The summed E-state index contributed by atoms with van der Waals surface area (Å²) in [7, 11) is 2.13. The third-order valence-electron chi connectivity index (χ3n) is 6.75. The van der Waals surface area contributed by atoms with Crippen molar-refractivity contribution in [2.75, 3.05) is 11.9 Å². The van der Waals surface area contributed by atoms with E-state index in [4.69, 9.17) is 0 Å². The highest BCUT2D eigenvalue weighted by atomic mass is 16.3. The summed E-state index contributed by atoms with van der Waals surface area (Å²) < 4.78 is 0. The molecule has 1 amide bonds. The number of hydrazone groups is 1. The number of aliphatic hydroxyl groups is 1. The monoisotopic (exact) mass is 441 g/mol. The molecular weight excluding hydrogens is 410 g/mol. The van der Waals surface area contributed by atoms with Gasteiger partial charge in [-0.2, -0.15) is 5.10 Å². The molecule has 0 radical (unpaired) electrons. The molecule has 1 aliphatic rings. The van der Waals surface area contributed by atoms with Crippen LogP contribution in [-0.2, 0) is 10.4 Å². The van der Waals surface area contributed by atoms with E-state index in [1.807, 2.05) is 18.2 Å². The predicted molar refractivity (Wildman–Crippen MR) is 134 cm³/mol. The molecule has 1 atom stereocenters. The number of carbonyl (C=O) groups is 1. The van der Waals surface area contributed by atoms with Crippen molar-refractivity contribution < 1.29 is 9.90 Å². The van der Waals surface area contributed by atoms with Crippen LogP contribution in [0.25, 0.3) is 0 Å². The first-order chi connectivity index (χ1) is 15.7. The molecule has 0 fully saturated rings. The summed E-state index contributed by atoms with van der Waals surface area (Å²) in [6.45, 7) is 6.77. The summed E-state index contributed by atoms with van der Waals surface area (Å²) in [5, 5.41) is 15.7. The molecule has 0 aromatic heterocycles. The van der Waals surface area contributed by atoms with Crippen molar-refractivity contribution in [3.05, 3.63) is 101 Å². The number of nitrogens with zero attached hydrogens (tertiary/aromatic N) is 2. The van der Waals surface area contributed by atoms with Gasteiger partial charge < -0.3 is 10.0 Å². The summed E-state index contributed by atoms with van der Waals surface area (Å²) in [6.07, 6.45) is 2.69. The van der Waals surface area contributed by atoms with Gasteiger partial charge in [-0.15, -0.1) is 0 Å². The zero-order chi connectivity index (χ0) is 23.6. The number of carbonyl (C=O) groups excluding carboxylic acids is 1. The van der Waals surface area contributed by atoms with Crippen molar-refractivity contribution >= 4 is 17.8 Å². The number of anilines is 1. The van der Waals surface area contributed by atoms with Gasteiger partial charge in [-0.25, -0.2) is 5.43 Å². The van der Waals surface area contributed by atoms with Crippen molar-refractivity contribution in [1.29, 1.82) is 0 Å². The van der Waals surface area contributed by atoms with Crippen LogP contribution in [-0.4, -0.2) is 29.8 Å². The van der Waals surface area contributed by atoms with E-state index in [1.165, 1.54) is 11.3 Å². The summed E-state index contributed by atoms with van der Waals surface area (Å²) in [6, 6.07) is 24.1. The molecule has 33 heavy (non-hydrogen) atoms. The number of rotatable bonds is 5. The SMILES string of the molecule is C[C@H]1CC(C)(C)N(C)c2ccc(/C=N\NC(=O)C(O)(c3ccccc3)c3ccccc3)cc21. The molecule has 0 bridgehead atoms. The largest absolute Gasteiger partial charge is 0.372 e. The first kappa shape index (κ1) is 22.7. The maximum atomic E-state index is 13.2. The van der Waals surface area contributed by atoms with Gasteiger partial charge in [0.05, 0.1) is 6.21 Å². The second-order valence-corrected chi connectivity index (χ2v) is 9.44. The minimum atomic E-state index is -1.85. The topological polar surface area (TPSA) is 64.9 Å². The molecule has 5 heteroatoms. The van der Waals surface area contributed by atoms with Gasteiger partial charge in [0.25, 0.3) is 5.91 Å². The Kier molecular flexibility index (Phi) is 6.09. The first-order valence-corrected chi connectivity index (χ1v) is 11.3. The van der Waals surface area contributed by atoms with E-state index in [9.17, 15) is 9.90 Å². The summed E-state index contributed by atoms with van der Waals surface area (Å²) in [4.78, 5) is 15.5. The molecular formula is C28H31N3O2. The highest BCUT2D eigenvalue weighted by Gasteiger charge is 2.40. The quantitative estimate of drug-likeness (QED) is 0.442. The Morgan fingerprint density at radius 3 is 2.21 bits per heavy atom. The first-order valence-electron chi connectivity index (χ1n) is 11.3. The van der Waals surface area contributed by atoms with E-state index in [-0.39, 0.29) is 5.54 Å². The third kappa shape index (κ3) is 4.29. The lowest BCUT2D eigenvalue weighted by atomic mass is 9.80. The van der Waals surface area contributed by atoms with E-state index in [0.29, 0.717) is 17.0 Å². The van der Waals surface area contributed by atoms with Crippen molar-refractivity contribution in [3.63, 3.8) is 0 Å². The van der Waals surface area contributed by atoms with Crippen molar-refractivity contribution in [3.8, 4) is 0 Å². The number of hydrogen-bond acceptors (Lipinski definition) is 4. The molecule has 1 heterocycles. The Labute approximate surface area is 195 Å². The highest BCUT2D eigenvalue weighted by Crippen LogP contribution is 2.42. The smallest absolute Gasteiger partial charge is 0.281 e. The van der Waals surface area contributed by atoms with Gasteiger partial charge in [0.15, 0.2) is 5.60 Å². The Morgan fingerprint density at radius 2 is 1.64 bits per heavy atom. The molecule has 4 rings (SSSR count). The lowest BCUT2D eigenvalue weighted by molar-refractivity contribution is -0.136. The Hall–Kier alpha value is -3.44. The lowest BCUT2D eigenvalue weighted by Crippen LogP contribution is -2.45. The molecule has 0 unspecified atom stereocenters. The van der Waals surface area contributed by atoms with Gasteiger partial charge in [-0.3, -0.25) is 4.79 Å². The van der Waals surface area contributed by atoms with Crippen LogP contribution in [0.1, 0.15) is 55.4 Å². The Bertz CT molecular complexity index is 1120. The maximum Gasteiger partial charge on any atom is 0.281 e. The van der Waals surface area contributed by atoms with E-state index < -0.39 is 11.5 Å². The number of nitrogens with one attached hydrogen (secondary N) is 1. The molecule has 0 saturated carbocycles. The van der Waals surface area contributed by atoms with Gasteiger partial charge in [-0.1, -0.05) is 73.7 Å². The van der Waals surface area contributed by atoms with Crippen LogP contribution in [0.4, 0.5) is 5.69 Å². The van der Waals surface area contributed by atoms with Crippen LogP contribution in [0.5, 0.6) is 0 Å². The van der Waals surface area contributed by atoms with Crippen LogP contribution in [0.3, 0.4) is 0 Å². The standard InChI is InChI=1S/C28H31N3O2/c1-20-18-27(2,3)31(4)25-16-15-21(17-24(20)25)19-29-30-26(32)28(33,22-11-7-5-8-12-22)23-13-9-6-10-14-23/h5-17,19-20,33H,18H2,1-4H3,(H,30,32)/b29-19-/t20-/m0/s1. The van der Waals surface area contributed by atoms with Crippen molar-refractivity contribution in [2.45, 2.75) is 44.2 Å². The summed E-state index contributed by atoms with van der Waals surface area (Å²) in [5.41, 5.74) is 5.18. The number of amides is 1. The molecule has 0 saturated heterocycles. The Balaban J connectivity index is 1.58. The third-order valence-corrected chi connectivity index (χ3v) is 6.75. The number of benzene rings is 3. The van der Waals surface area contributed by atoms with E-state index >= 15 is 0 Å². The summed E-state index contributed by atoms with van der Waals surface area (Å²) >= 11 is 0. The number of fused-ring (bicyclic) bond motifs is 1. The van der Waals surface area contributed by atoms with Crippen molar-refractivity contribution in [2.24, 2.45) is 5.10 Å². The molecule has 0 spiro atoms. The van der Waals surface area contributed by atoms with E-state index in [2.05, 4.69) is 55.4 Å². The van der Waals surface area contributed by atoms with Crippen LogP contribution in [0.15, 0.2) is 84.0 Å². The van der Waals surface area contributed by atoms with Gasteiger partial charge in [0.1, 0.15) is 0 Å². The van der Waals surface area contributed by atoms with Crippen LogP contribution in [0.2, 0.25) is 0 Å². The van der Waals surface area contributed by atoms with Crippen LogP contribution in [0, 0.1) is 0 Å². The summed E-state index contributed by atoms with van der Waals surface area (Å²) in [5.74, 6) is -0.181.